The molecule has 0 aliphatic rings. The number of hydrogen-bond donors (Lipinski definition) is 0. The van der Waals surface area contributed by atoms with Crippen LogP contribution in [-0.2, 0) is 12.8 Å². The van der Waals surface area contributed by atoms with E-state index >= 15 is 0 Å². The molecule has 3 heteroatoms. The van der Waals surface area contributed by atoms with Gasteiger partial charge in [0.05, 0.1) is 0 Å². The van der Waals surface area contributed by atoms with Gasteiger partial charge in [0, 0.05) is 29.1 Å². The molecule has 1 unspecified atom stereocenters. The summed E-state index contributed by atoms with van der Waals surface area (Å²) >= 11 is 0. The van der Waals surface area contributed by atoms with Gasteiger partial charge < -0.3 is 4.90 Å². The van der Waals surface area contributed by atoms with Crippen LogP contribution in [0.4, 0.5) is 10.1 Å². The number of rotatable bonds is 9. The lowest BCUT2D eigenvalue weighted by atomic mass is 9.94. The van der Waals surface area contributed by atoms with Crippen molar-refractivity contribution in [3.05, 3.63) is 70.3 Å². The van der Waals surface area contributed by atoms with Gasteiger partial charge in [-0.15, -0.1) is 8.19 Å². The molecule has 0 N–H and O–H groups in total. The van der Waals surface area contributed by atoms with Crippen molar-refractivity contribution in [2.45, 2.75) is 66.2 Å². The summed E-state index contributed by atoms with van der Waals surface area (Å²) in [5.74, 6) is 2.04. The summed E-state index contributed by atoms with van der Waals surface area (Å²) in [5, 5.41) is 1.94. The third-order valence-electron chi connectivity index (χ3n) is 6.16. The molecule has 0 aliphatic heterocycles. The van der Waals surface area contributed by atoms with Crippen LogP contribution in [0.15, 0.2) is 47.8 Å². The van der Waals surface area contributed by atoms with Crippen molar-refractivity contribution in [1.82, 2.24) is 0 Å². The number of nitrogens with zero attached hydrogens (tertiary/aromatic N) is 1. The maximum absolute atomic E-state index is 14.5. The average Bonchev–Trinajstić information content (AvgIpc) is 3.27. The van der Waals surface area contributed by atoms with E-state index in [9.17, 15) is 4.39 Å². The van der Waals surface area contributed by atoms with Crippen molar-refractivity contribution in [3.63, 3.8) is 0 Å². The van der Waals surface area contributed by atoms with Crippen molar-refractivity contribution in [2.24, 2.45) is 0 Å². The molecule has 1 atom stereocenters. The minimum absolute atomic E-state index is 0.0751. The Morgan fingerprint density at radius 1 is 0.967 bits per heavy atom. The lowest BCUT2D eigenvalue weighted by Gasteiger charge is -2.31. The molecule has 3 rings (SSSR count). The molecule has 30 heavy (non-hydrogen) atoms. The van der Waals surface area contributed by atoms with Gasteiger partial charge in [-0.25, -0.2) is 4.39 Å². The van der Waals surface area contributed by atoms with E-state index in [0.29, 0.717) is 8.19 Å². The Labute approximate surface area is 183 Å². The topological polar surface area (TPSA) is 3.24 Å². The molecule has 0 aliphatic carbocycles. The van der Waals surface area contributed by atoms with Crippen LogP contribution >= 0.6 is 8.19 Å². The highest BCUT2D eigenvalue weighted by molar-refractivity contribution is 7.36. The molecule has 0 saturated heterocycles. The fourth-order valence-corrected chi connectivity index (χ4v) is 5.56. The van der Waals surface area contributed by atoms with Crippen LogP contribution in [0.25, 0.3) is 16.2 Å². The van der Waals surface area contributed by atoms with Gasteiger partial charge in [-0.1, -0.05) is 52.3 Å². The summed E-state index contributed by atoms with van der Waals surface area (Å²) < 4.78 is 14.5. The zero-order chi connectivity index (χ0) is 21.7. The summed E-state index contributed by atoms with van der Waals surface area (Å²) in [5.41, 5.74) is 7.98. The van der Waals surface area contributed by atoms with Crippen LogP contribution in [0.2, 0.25) is 0 Å². The normalized spacial score (nSPS) is 12.6. The molecule has 1 nitrogen and oxygen atoms in total. The molecule has 0 bridgehead atoms. The number of benzene rings is 2. The summed E-state index contributed by atoms with van der Waals surface area (Å²) in [6.45, 7) is 8.96. The lowest BCUT2D eigenvalue weighted by molar-refractivity contribution is 0.641. The second kappa shape index (κ2) is 10.3. The summed E-state index contributed by atoms with van der Waals surface area (Å²) in [7, 11) is 2.63. The summed E-state index contributed by atoms with van der Waals surface area (Å²) in [4.78, 5) is 2.41. The zero-order valence-corrected chi connectivity index (χ0v) is 20.1. The van der Waals surface area contributed by atoms with Gasteiger partial charge in [0.1, 0.15) is 5.82 Å². The quantitative estimate of drug-likeness (QED) is 0.333. The molecule has 2 aromatic carbocycles. The number of halogens is 1. The van der Waals surface area contributed by atoms with Crippen LogP contribution in [0, 0.1) is 5.82 Å². The molecule has 1 aromatic heterocycles. The van der Waals surface area contributed by atoms with Gasteiger partial charge in [-0.3, -0.25) is 0 Å². The average molecular weight is 424 g/mol. The molecule has 0 saturated carbocycles. The van der Waals surface area contributed by atoms with E-state index in [1.54, 1.807) is 6.07 Å². The van der Waals surface area contributed by atoms with E-state index in [-0.39, 0.29) is 5.82 Å². The van der Waals surface area contributed by atoms with E-state index < -0.39 is 0 Å². The van der Waals surface area contributed by atoms with Gasteiger partial charge in [-0.05, 0) is 78.2 Å². The van der Waals surface area contributed by atoms with Crippen LogP contribution in [0.3, 0.4) is 0 Å². The second-order valence-electron chi connectivity index (χ2n) is 7.96. The van der Waals surface area contributed by atoms with Crippen molar-refractivity contribution < 1.29 is 4.39 Å². The molecule has 0 fully saturated rings. The number of allylic oxidation sites excluding steroid dienone is 1. The highest BCUT2D eigenvalue weighted by atomic mass is 31.0. The molecule has 160 valence electrons. The fourth-order valence-electron chi connectivity index (χ4n) is 4.55. The van der Waals surface area contributed by atoms with Gasteiger partial charge in [0.15, 0.2) is 0 Å². The highest BCUT2D eigenvalue weighted by Crippen LogP contribution is 2.40. The van der Waals surface area contributed by atoms with E-state index in [2.05, 4.69) is 69.7 Å². The first-order valence-electron chi connectivity index (χ1n) is 11.4. The van der Waals surface area contributed by atoms with Crippen molar-refractivity contribution >= 4 is 30.1 Å². The smallest absolute Gasteiger partial charge is 0.134 e. The monoisotopic (exact) mass is 423 g/mol. The van der Waals surface area contributed by atoms with Crippen LogP contribution < -0.4 is 4.90 Å². The molecule has 3 aromatic rings. The van der Waals surface area contributed by atoms with Crippen LogP contribution in [0.1, 0.15) is 70.1 Å². The largest absolute Gasteiger partial charge is 0.344 e. The van der Waals surface area contributed by atoms with E-state index in [1.807, 2.05) is 6.07 Å². The van der Waals surface area contributed by atoms with Crippen molar-refractivity contribution in [1.29, 1.82) is 0 Å². The first kappa shape index (κ1) is 22.6. The standard InChI is InChI=1S/C27H35FNP/c1-6-10-12-21(9-4)26(22-15-16-24(28)27-23(22)17-18-30-27)29(5)25-19(7-2)13-11-14-20(25)8-3/h11,13-18,30H,6-10,12H2,1-5H3/b26-21-. The number of fused-ring (bicyclic) bond motifs is 1. The Hall–Kier alpha value is -2.05. The molecule has 0 amide bonds. The maximum Gasteiger partial charge on any atom is 0.134 e. The Bertz CT molecular complexity index is 1010. The van der Waals surface area contributed by atoms with E-state index in [4.69, 9.17) is 0 Å². The fraction of sp³-hybridized carbons (Fsp3) is 0.407. The number of anilines is 1. The number of hydrogen-bond acceptors (Lipinski definition) is 1. The van der Waals surface area contributed by atoms with Crippen molar-refractivity contribution in [2.75, 3.05) is 11.9 Å². The maximum atomic E-state index is 14.5. The summed E-state index contributed by atoms with van der Waals surface area (Å²) in [6.07, 6.45) is 6.45. The predicted octanol–water partition coefficient (Wildman–Crippen LogP) is 8.58. The number of unbranched alkanes of at least 4 members (excludes halogenated alkanes) is 1. The third kappa shape index (κ3) is 4.35. The Kier molecular flexibility index (Phi) is 7.78. The molecular weight excluding hydrogens is 388 g/mol. The minimum atomic E-state index is -0.0751. The molecule has 1 heterocycles. The van der Waals surface area contributed by atoms with Gasteiger partial charge in [0.25, 0.3) is 0 Å². The van der Waals surface area contributed by atoms with Crippen LogP contribution in [0.5, 0.6) is 0 Å². The predicted molar refractivity (Wildman–Crippen MR) is 134 cm³/mol. The van der Waals surface area contributed by atoms with Crippen LogP contribution in [-0.4, -0.2) is 7.05 Å². The third-order valence-corrected chi connectivity index (χ3v) is 7.29. The first-order valence-corrected chi connectivity index (χ1v) is 12.5. The van der Waals surface area contributed by atoms with Crippen molar-refractivity contribution in [3.8, 4) is 0 Å². The Morgan fingerprint density at radius 3 is 2.27 bits per heavy atom. The SMILES string of the molecule is CCCC/C(CC)=C(/c1ccc(F)c2[pH]ccc12)N(C)c1c(CC)cccc1CC. The number of aryl methyl sites for hydroxylation is 2. The van der Waals surface area contributed by atoms with Gasteiger partial charge in [0.2, 0.25) is 0 Å². The lowest BCUT2D eigenvalue weighted by Crippen LogP contribution is -2.21. The zero-order valence-electron chi connectivity index (χ0n) is 19.1. The minimum Gasteiger partial charge on any atom is -0.344 e. The Morgan fingerprint density at radius 2 is 1.67 bits per heavy atom. The first-order chi connectivity index (χ1) is 14.6. The highest BCUT2D eigenvalue weighted by Gasteiger charge is 2.21. The van der Waals surface area contributed by atoms with E-state index in [0.717, 1.165) is 36.2 Å². The van der Waals surface area contributed by atoms with Gasteiger partial charge >= 0.3 is 0 Å². The van der Waals surface area contributed by atoms with Gasteiger partial charge in [-0.2, -0.15) is 0 Å². The molecular formula is C27H35FNP. The molecule has 0 radical (unpaired) electrons. The molecule has 0 spiro atoms. The Balaban J connectivity index is 2.30. The number of para-hydroxylation sites is 1. The second-order valence-corrected chi connectivity index (χ2v) is 9.08. The van der Waals surface area contributed by atoms with E-state index in [1.165, 1.54) is 46.5 Å². The summed E-state index contributed by atoms with van der Waals surface area (Å²) in [6, 6.07) is 12.5.